The SMILES string of the molecule is Cc1cc(S(N)(=O)=O)ccc1C1CCCCC1O. The van der Waals surface area contributed by atoms with Crippen LogP contribution in [0.15, 0.2) is 23.1 Å². The summed E-state index contributed by atoms with van der Waals surface area (Å²) in [6, 6.07) is 4.90. The van der Waals surface area contributed by atoms with Crippen molar-refractivity contribution in [3.8, 4) is 0 Å². The quantitative estimate of drug-likeness (QED) is 0.856. The average molecular weight is 269 g/mol. The molecule has 0 bridgehead atoms. The minimum Gasteiger partial charge on any atom is -0.392 e. The molecule has 0 saturated heterocycles. The predicted molar refractivity (Wildman–Crippen MR) is 69.8 cm³/mol. The first-order valence-corrected chi connectivity index (χ1v) is 7.75. The Morgan fingerprint density at radius 3 is 2.50 bits per heavy atom. The van der Waals surface area contributed by atoms with E-state index in [0.717, 1.165) is 36.8 Å². The molecular weight excluding hydrogens is 250 g/mol. The normalized spacial score (nSPS) is 25.1. The second kappa shape index (κ2) is 4.99. The van der Waals surface area contributed by atoms with Crippen molar-refractivity contribution in [1.29, 1.82) is 0 Å². The molecule has 0 amide bonds. The zero-order valence-corrected chi connectivity index (χ0v) is 11.3. The van der Waals surface area contributed by atoms with Gasteiger partial charge in [0, 0.05) is 5.92 Å². The van der Waals surface area contributed by atoms with Crippen molar-refractivity contribution in [2.24, 2.45) is 5.14 Å². The highest BCUT2D eigenvalue weighted by molar-refractivity contribution is 7.89. The summed E-state index contributed by atoms with van der Waals surface area (Å²) in [4.78, 5) is 0.133. The van der Waals surface area contributed by atoms with Crippen LogP contribution in [-0.4, -0.2) is 19.6 Å². The van der Waals surface area contributed by atoms with Crippen LogP contribution < -0.4 is 5.14 Å². The van der Waals surface area contributed by atoms with Gasteiger partial charge in [0.2, 0.25) is 10.0 Å². The molecule has 3 N–H and O–H groups in total. The Kier molecular flexibility index (Phi) is 3.75. The van der Waals surface area contributed by atoms with Gasteiger partial charge in [0.1, 0.15) is 0 Å². The standard InChI is InChI=1S/C13H19NO3S/c1-9-8-10(18(14,16)17)6-7-11(9)12-4-2-3-5-13(12)15/h6-8,12-13,15H,2-5H2,1H3,(H2,14,16,17). The van der Waals surface area contributed by atoms with Crippen molar-refractivity contribution in [2.75, 3.05) is 0 Å². The maximum Gasteiger partial charge on any atom is 0.238 e. The van der Waals surface area contributed by atoms with Gasteiger partial charge < -0.3 is 5.11 Å². The third-order valence-corrected chi connectivity index (χ3v) is 4.61. The summed E-state index contributed by atoms with van der Waals surface area (Å²) < 4.78 is 22.5. The molecule has 1 aliphatic rings. The summed E-state index contributed by atoms with van der Waals surface area (Å²) in [5.41, 5.74) is 1.92. The maximum atomic E-state index is 11.3. The number of aliphatic hydroxyl groups excluding tert-OH is 1. The van der Waals surface area contributed by atoms with Crippen molar-refractivity contribution in [2.45, 2.75) is 49.5 Å². The molecule has 2 unspecified atom stereocenters. The van der Waals surface area contributed by atoms with Gasteiger partial charge in [0.15, 0.2) is 0 Å². The highest BCUT2D eigenvalue weighted by atomic mass is 32.2. The summed E-state index contributed by atoms with van der Waals surface area (Å²) >= 11 is 0. The summed E-state index contributed by atoms with van der Waals surface area (Å²) in [5.74, 6) is 0.119. The molecule has 0 aromatic heterocycles. The molecule has 1 aromatic rings. The van der Waals surface area contributed by atoms with E-state index in [-0.39, 0.29) is 16.9 Å². The second-order valence-electron chi connectivity index (χ2n) is 5.02. The smallest absolute Gasteiger partial charge is 0.238 e. The number of aryl methyl sites for hydroxylation is 1. The van der Waals surface area contributed by atoms with Gasteiger partial charge >= 0.3 is 0 Å². The molecular formula is C13H19NO3S. The van der Waals surface area contributed by atoms with Crippen LogP contribution in [0.1, 0.15) is 42.7 Å². The van der Waals surface area contributed by atoms with E-state index in [1.54, 1.807) is 12.1 Å². The third-order valence-electron chi connectivity index (χ3n) is 3.70. The number of rotatable bonds is 2. The van der Waals surface area contributed by atoms with E-state index in [0.29, 0.717) is 0 Å². The largest absolute Gasteiger partial charge is 0.392 e. The zero-order chi connectivity index (χ0) is 13.3. The van der Waals surface area contributed by atoms with E-state index in [2.05, 4.69) is 0 Å². The van der Waals surface area contributed by atoms with E-state index >= 15 is 0 Å². The van der Waals surface area contributed by atoms with Gasteiger partial charge in [-0.1, -0.05) is 18.9 Å². The number of aliphatic hydroxyl groups is 1. The van der Waals surface area contributed by atoms with Crippen LogP contribution in [0.2, 0.25) is 0 Å². The van der Waals surface area contributed by atoms with Gasteiger partial charge in [0.25, 0.3) is 0 Å². The Labute approximate surface area is 108 Å². The fourth-order valence-corrected chi connectivity index (χ4v) is 3.31. The van der Waals surface area contributed by atoms with Gasteiger partial charge in [-0.2, -0.15) is 0 Å². The van der Waals surface area contributed by atoms with Crippen LogP contribution in [-0.2, 0) is 10.0 Å². The second-order valence-corrected chi connectivity index (χ2v) is 6.58. The molecule has 0 spiro atoms. The van der Waals surface area contributed by atoms with Crippen LogP contribution in [0.3, 0.4) is 0 Å². The van der Waals surface area contributed by atoms with Crippen molar-refractivity contribution < 1.29 is 13.5 Å². The first-order valence-electron chi connectivity index (χ1n) is 6.21. The molecule has 1 saturated carbocycles. The lowest BCUT2D eigenvalue weighted by atomic mass is 9.80. The maximum absolute atomic E-state index is 11.3. The summed E-state index contributed by atoms with van der Waals surface area (Å²) in [7, 11) is -3.65. The lowest BCUT2D eigenvalue weighted by Crippen LogP contribution is -2.23. The minimum atomic E-state index is -3.65. The van der Waals surface area contributed by atoms with Gasteiger partial charge in [-0.25, -0.2) is 13.6 Å². The van der Waals surface area contributed by atoms with Gasteiger partial charge in [0.05, 0.1) is 11.0 Å². The Bertz CT molecular complexity index is 539. The molecule has 0 aliphatic heterocycles. The van der Waals surface area contributed by atoms with Crippen LogP contribution in [0, 0.1) is 6.92 Å². The number of sulfonamides is 1. The predicted octanol–water partition coefficient (Wildman–Crippen LogP) is 1.66. The number of hydrogen-bond donors (Lipinski definition) is 2. The Hall–Kier alpha value is -0.910. The lowest BCUT2D eigenvalue weighted by molar-refractivity contribution is 0.106. The number of benzene rings is 1. The number of hydrogen-bond acceptors (Lipinski definition) is 3. The Balaban J connectivity index is 2.35. The molecule has 100 valence electrons. The van der Waals surface area contributed by atoms with Gasteiger partial charge in [-0.05, 0) is 43.0 Å². The number of primary sulfonamides is 1. The molecule has 1 fully saturated rings. The lowest BCUT2D eigenvalue weighted by Gasteiger charge is -2.29. The van der Waals surface area contributed by atoms with Crippen LogP contribution in [0.25, 0.3) is 0 Å². The van der Waals surface area contributed by atoms with E-state index in [9.17, 15) is 13.5 Å². The summed E-state index contributed by atoms with van der Waals surface area (Å²) in [5, 5.41) is 15.1. The Morgan fingerprint density at radius 1 is 1.28 bits per heavy atom. The number of nitrogens with two attached hydrogens (primary N) is 1. The van der Waals surface area contributed by atoms with Crippen LogP contribution >= 0.6 is 0 Å². The first kappa shape index (κ1) is 13.5. The van der Waals surface area contributed by atoms with Gasteiger partial charge in [-0.15, -0.1) is 0 Å². The van der Waals surface area contributed by atoms with Crippen molar-refractivity contribution in [3.63, 3.8) is 0 Å². The van der Waals surface area contributed by atoms with Crippen molar-refractivity contribution in [3.05, 3.63) is 29.3 Å². The fraction of sp³-hybridized carbons (Fsp3) is 0.538. The fourth-order valence-electron chi connectivity index (χ4n) is 2.72. The summed E-state index contributed by atoms with van der Waals surface area (Å²) in [6.07, 6.45) is 3.62. The highest BCUT2D eigenvalue weighted by Gasteiger charge is 2.26. The molecule has 4 nitrogen and oxygen atoms in total. The molecule has 1 aromatic carbocycles. The third kappa shape index (κ3) is 2.74. The average Bonchev–Trinajstić information content (AvgIpc) is 2.29. The van der Waals surface area contributed by atoms with Crippen LogP contribution in [0.5, 0.6) is 0 Å². The van der Waals surface area contributed by atoms with Crippen LogP contribution in [0.4, 0.5) is 0 Å². The van der Waals surface area contributed by atoms with E-state index < -0.39 is 10.0 Å². The molecule has 0 radical (unpaired) electrons. The molecule has 2 atom stereocenters. The summed E-state index contributed by atoms with van der Waals surface area (Å²) in [6.45, 7) is 1.87. The highest BCUT2D eigenvalue weighted by Crippen LogP contribution is 2.35. The molecule has 2 rings (SSSR count). The molecule has 0 heterocycles. The van der Waals surface area contributed by atoms with Crippen molar-refractivity contribution in [1.82, 2.24) is 0 Å². The zero-order valence-electron chi connectivity index (χ0n) is 10.5. The minimum absolute atomic E-state index is 0.119. The van der Waals surface area contributed by atoms with Gasteiger partial charge in [-0.3, -0.25) is 0 Å². The van der Waals surface area contributed by atoms with E-state index in [4.69, 9.17) is 5.14 Å². The van der Waals surface area contributed by atoms with Crippen molar-refractivity contribution >= 4 is 10.0 Å². The topological polar surface area (TPSA) is 80.4 Å². The van der Waals surface area contributed by atoms with E-state index in [1.807, 2.05) is 6.92 Å². The molecule has 5 heteroatoms. The molecule has 18 heavy (non-hydrogen) atoms. The molecule has 1 aliphatic carbocycles. The monoisotopic (exact) mass is 269 g/mol. The first-order chi connectivity index (χ1) is 8.39. The Morgan fingerprint density at radius 2 is 1.94 bits per heavy atom. The van der Waals surface area contributed by atoms with E-state index in [1.165, 1.54) is 6.07 Å².